The second-order valence-electron chi connectivity index (χ2n) is 4.37. The van der Waals surface area contributed by atoms with Crippen molar-refractivity contribution in [3.63, 3.8) is 0 Å². The highest BCUT2D eigenvalue weighted by Gasteiger charge is 2.08. The average Bonchev–Trinajstić information content (AvgIpc) is 2.32. The Kier molecular flexibility index (Phi) is 4.22. The zero-order valence-corrected chi connectivity index (χ0v) is 12.2. The summed E-state index contributed by atoms with van der Waals surface area (Å²) < 4.78 is 19.5. The molecule has 4 heteroatoms. The molecule has 0 bridgehead atoms. The summed E-state index contributed by atoms with van der Waals surface area (Å²) in [6, 6.07) is 9.74. The third-order valence-corrected chi connectivity index (χ3v) is 3.47. The molecule has 0 heterocycles. The van der Waals surface area contributed by atoms with Gasteiger partial charge in [0, 0.05) is 4.47 Å². The third-order valence-electron chi connectivity index (χ3n) is 2.79. The standard InChI is InChI=1S/C15H14BrFO2/c1-9-7-11(17)3-6-15(9)19-12-4-5-13(10(2)18)14(16)8-12/h3-8,10,18H,1-2H3. The molecule has 19 heavy (non-hydrogen) atoms. The molecule has 2 aromatic carbocycles. The molecule has 0 saturated carbocycles. The van der Waals surface area contributed by atoms with E-state index in [1.165, 1.54) is 12.1 Å². The number of aliphatic hydroxyl groups is 1. The molecule has 0 aliphatic carbocycles. The average molecular weight is 325 g/mol. The van der Waals surface area contributed by atoms with Gasteiger partial charge in [-0.15, -0.1) is 0 Å². The van der Waals surface area contributed by atoms with Gasteiger partial charge in [0.15, 0.2) is 0 Å². The number of benzene rings is 2. The summed E-state index contributed by atoms with van der Waals surface area (Å²) in [6.07, 6.45) is -0.545. The smallest absolute Gasteiger partial charge is 0.130 e. The summed E-state index contributed by atoms with van der Waals surface area (Å²) in [5, 5.41) is 9.55. The van der Waals surface area contributed by atoms with Gasteiger partial charge in [-0.3, -0.25) is 0 Å². The summed E-state index contributed by atoms with van der Waals surface area (Å²) >= 11 is 3.39. The van der Waals surface area contributed by atoms with E-state index >= 15 is 0 Å². The molecule has 0 aliphatic heterocycles. The van der Waals surface area contributed by atoms with Crippen LogP contribution in [0.15, 0.2) is 40.9 Å². The van der Waals surface area contributed by atoms with Crippen LogP contribution >= 0.6 is 15.9 Å². The SMILES string of the molecule is Cc1cc(F)ccc1Oc1ccc(C(C)O)c(Br)c1. The lowest BCUT2D eigenvalue weighted by Crippen LogP contribution is -1.94. The fourth-order valence-corrected chi connectivity index (χ4v) is 2.45. The minimum atomic E-state index is -0.545. The van der Waals surface area contributed by atoms with Crippen LogP contribution in [0, 0.1) is 12.7 Å². The lowest BCUT2D eigenvalue weighted by atomic mass is 10.1. The van der Waals surface area contributed by atoms with E-state index in [9.17, 15) is 9.50 Å². The lowest BCUT2D eigenvalue weighted by molar-refractivity contribution is 0.198. The van der Waals surface area contributed by atoms with Gasteiger partial charge >= 0.3 is 0 Å². The Balaban J connectivity index is 2.26. The fourth-order valence-electron chi connectivity index (χ4n) is 1.76. The maximum Gasteiger partial charge on any atom is 0.130 e. The number of hydrogen-bond donors (Lipinski definition) is 1. The third kappa shape index (κ3) is 3.33. The van der Waals surface area contributed by atoms with Gasteiger partial charge < -0.3 is 9.84 Å². The monoisotopic (exact) mass is 324 g/mol. The largest absolute Gasteiger partial charge is 0.457 e. The van der Waals surface area contributed by atoms with E-state index in [2.05, 4.69) is 15.9 Å². The van der Waals surface area contributed by atoms with Gasteiger partial charge in [0.05, 0.1) is 6.10 Å². The molecular weight excluding hydrogens is 311 g/mol. The van der Waals surface area contributed by atoms with Gasteiger partial charge in [-0.2, -0.15) is 0 Å². The van der Waals surface area contributed by atoms with Crippen molar-refractivity contribution >= 4 is 15.9 Å². The molecule has 0 aromatic heterocycles. The normalized spacial score (nSPS) is 12.3. The highest BCUT2D eigenvalue weighted by Crippen LogP contribution is 2.31. The zero-order chi connectivity index (χ0) is 14.0. The molecule has 1 unspecified atom stereocenters. The van der Waals surface area contributed by atoms with Crippen LogP contribution in [0.5, 0.6) is 11.5 Å². The second-order valence-corrected chi connectivity index (χ2v) is 5.23. The Morgan fingerprint density at radius 1 is 1.21 bits per heavy atom. The first-order valence-electron chi connectivity index (χ1n) is 5.89. The van der Waals surface area contributed by atoms with Crippen molar-refractivity contribution in [1.29, 1.82) is 0 Å². The van der Waals surface area contributed by atoms with Gasteiger partial charge in [0.2, 0.25) is 0 Å². The summed E-state index contributed by atoms with van der Waals surface area (Å²) in [6.45, 7) is 3.49. The van der Waals surface area contributed by atoms with Crippen molar-refractivity contribution in [2.24, 2.45) is 0 Å². The Hall–Kier alpha value is -1.39. The van der Waals surface area contributed by atoms with Gasteiger partial charge in [-0.25, -0.2) is 4.39 Å². The number of aryl methyl sites for hydroxylation is 1. The summed E-state index contributed by atoms with van der Waals surface area (Å²) in [5.74, 6) is 0.958. The summed E-state index contributed by atoms with van der Waals surface area (Å²) in [7, 11) is 0. The van der Waals surface area contributed by atoms with Gasteiger partial charge in [-0.1, -0.05) is 22.0 Å². The predicted octanol–water partition coefficient (Wildman–Crippen LogP) is 4.74. The highest BCUT2D eigenvalue weighted by molar-refractivity contribution is 9.10. The van der Waals surface area contributed by atoms with Crippen molar-refractivity contribution < 1.29 is 14.2 Å². The molecule has 2 aromatic rings. The molecule has 0 saturated heterocycles. The molecular formula is C15H14BrFO2. The number of aliphatic hydroxyl groups excluding tert-OH is 1. The van der Waals surface area contributed by atoms with E-state index in [0.29, 0.717) is 11.5 Å². The zero-order valence-electron chi connectivity index (χ0n) is 10.7. The van der Waals surface area contributed by atoms with Crippen molar-refractivity contribution in [2.75, 3.05) is 0 Å². The maximum atomic E-state index is 13.0. The maximum absolute atomic E-state index is 13.0. The van der Waals surface area contributed by atoms with Crippen molar-refractivity contribution in [3.8, 4) is 11.5 Å². The Morgan fingerprint density at radius 2 is 1.95 bits per heavy atom. The first kappa shape index (κ1) is 14.0. The van der Waals surface area contributed by atoms with E-state index in [0.717, 1.165) is 15.6 Å². The van der Waals surface area contributed by atoms with Crippen LogP contribution in [0.1, 0.15) is 24.2 Å². The van der Waals surface area contributed by atoms with Crippen LogP contribution in [-0.4, -0.2) is 5.11 Å². The molecule has 2 rings (SSSR count). The number of rotatable bonds is 3. The van der Waals surface area contributed by atoms with Crippen LogP contribution in [0.2, 0.25) is 0 Å². The number of hydrogen-bond acceptors (Lipinski definition) is 2. The molecule has 0 aliphatic rings. The Morgan fingerprint density at radius 3 is 2.53 bits per heavy atom. The Labute approximate surface area is 120 Å². The minimum Gasteiger partial charge on any atom is -0.457 e. The van der Waals surface area contributed by atoms with Crippen LogP contribution in [0.4, 0.5) is 4.39 Å². The molecule has 0 fully saturated rings. The van der Waals surface area contributed by atoms with E-state index in [1.54, 1.807) is 38.1 Å². The van der Waals surface area contributed by atoms with Crippen molar-refractivity contribution in [3.05, 3.63) is 57.8 Å². The van der Waals surface area contributed by atoms with E-state index in [4.69, 9.17) is 4.74 Å². The van der Waals surface area contributed by atoms with Crippen LogP contribution in [0.25, 0.3) is 0 Å². The fraction of sp³-hybridized carbons (Fsp3) is 0.200. The number of ether oxygens (including phenoxy) is 1. The van der Waals surface area contributed by atoms with Gasteiger partial charge in [0.1, 0.15) is 17.3 Å². The summed E-state index contributed by atoms with van der Waals surface area (Å²) in [5.41, 5.74) is 1.53. The van der Waals surface area contributed by atoms with Gasteiger partial charge in [-0.05, 0) is 55.3 Å². The molecule has 0 spiro atoms. The summed E-state index contributed by atoms with van der Waals surface area (Å²) in [4.78, 5) is 0. The first-order chi connectivity index (χ1) is 8.97. The molecule has 0 radical (unpaired) electrons. The van der Waals surface area contributed by atoms with Crippen LogP contribution in [-0.2, 0) is 0 Å². The molecule has 2 nitrogen and oxygen atoms in total. The number of halogens is 2. The molecule has 1 N–H and O–H groups in total. The Bertz CT molecular complexity index is 597. The molecule has 1 atom stereocenters. The second kappa shape index (κ2) is 5.72. The van der Waals surface area contributed by atoms with Crippen LogP contribution in [0.3, 0.4) is 0 Å². The van der Waals surface area contributed by atoms with E-state index < -0.39 is 6.10 Å². The van der Waals surface area contributed by atoms with Crippen LogP contribution < -0.4 is 4.74 Å². The first-order valence-corrected chi connectivity index (χ1v) is 6.68. The van der Waals surface area contributed by atoms with Gasteiger partial charge in [0.25, 0.3) is 0 Å². The predicted molar refractivity (Wildman–Crippen MR) is 76.0 cm³/mol. The molecule has 100 valence electrons. The quantitative estimate of drug-likeness (QED) is 0.883. The highest BCUT2D eigenvalue weighted by atomic mass is 79.9. The van der Waals surface area contributed by atoms with E-state index in [-0.39, 0.29) is 5.82 Å². The van der Waals surface area contributed by atoms with Crippen molar-refractivity contribution in [2.45, 2.75) is 20.0 Å². The lowest BCUT2D eigenvalue weighted by Gasteiger charge is -2.12. The van der Waals surface area contributed by atoms with Crippen molar-refractivity contribution in [1.82, 2.24) is 0 Å². The van der Waals surface area contributed by atoms with E-state index in [1.807, 2.05) is 0 Å². The topological polar surface area (TPSA) is 29.5 Å². The minimum absolute atomic E-state index is 0.282. The molecule has 0 amide bonds.